The number of nitrogens with one attached hydrogen (secondary N) is 4. The Hall–Kier alpha value is -1.63. The number of rotatable bonds is 5. The van der Waals surface area contributed by atoms with Crippen LogP contribution in [0.1, 0.15) is 19.3 Å². The molecule has 1 unspecified atom stereocenters. The van der Waals surface area contributed by atoms with Crippen LogP contribution in [0.4, 0.5) is 0 Å². The molecule has 0 bridgehead atoms. The quantitative estimate of drug-likeness (QED) is 0.261. The largest absolute Gasteiger partial charge is 0.358 e. The second-order valence-electron chi connectivity index (χ2n) is 3.90. The number of hydrazine groups is 1. The molecule has 1 heterocycles. The van der Waals surface area contributed by atoms with E-state index in [1.165, 1.54) is 0 Å². The average molecular weight is 242 g/mol. The summed E-state index contributed by atoms with van der Waals surface area (Å²) in [5, 5.41) is 5.49. The molecule has 0 aromatic heterocycles. The van der Waals surface area contributed by atoms with Crippen LogP contribution in [0.2, 0.25) is 0 Å². The molecule has 96 valence electrons. The first-order valence-electron chi connectivity index (χ1n) is 5.70. The number of hydrogen-bond donors (Lipinski definition) is 4. The molecule has 1 fully saturated rings. The van der Waals surface area contributed by atoms with Crippen LogP contribution >= 0.6 is 0 Å². The van der Waals surface area contributed by atoms with E-state index in [9.17, 15) is 14.4 Å². The lowest BCUT2D eigenvalue weighted by molar-refractivity contribution is -0.131. The van der Waals surface area contributed by atoms with Crippen molar-refractivity contribution in [2.45, 2.75) is 19.3 Å². The van der Waals surface area contributed by atoms with Gasteiger partial charge in [-0.05, 0) is 19.4 Å². The summed E-state index contributed by atoms with van der Waals surface area (Å²) in [6, 6.07) is 0. The molecule has 0 aromatic carbocycles. The van der Waals surface area contributed by atoms with Crippen molar-refractivity contribution in [3.05, 3.63) is 0 Å². The van der Waals surface area contributed by atoms with E-state index in [1.54, 1.807) is 0 Å². The van der Waals surface area contributed by atoms with Crippen LogP contribution in [0.25, 0.3) is 0 Å². The molecule has 3 amide bonds. The van der Waals surface area contributed by atoms with E-state index < -0.39 is 0 Å². The fourth-order valence-corrected chi connectivity index (χ4v) is 1.62. The Morgan fingerprint density at radius 2 is 2.18 bits per heavy atom. The van der Waals surface area contributed by atoms with Gasteiger partial charge in [0.1, 0.15) is 0 Å². The Morgan fingerprint density at radius 3 is 2.82 bits per heavy atom. The smallest absolute Gasteiger partial charge is 0.242 e. The summed E-state index contributed by atoms with van der Waals surface area (Å²) in [7, 11) is 0. The van der Waals surface area contributed by atoms with Gasteiger partial charge in [0, 0.05) is 19.5 Å². The van der Waals surface area contributed by atoms with Crippen molar-refractivity contribution < 1.29 is 14.4 Å². The Balaban J connectivity index is 2.13. The highest BCUT2D eigenvalue weighted by Crippen LogP contribution is 2.08. The zero-order valence-electron chi connectivity index (χ0n) is 9.62. The Kier molecular flexibility index (Phi) is 6.02. The molecule has 0 spiro atoms. The molecule has 1 atom stereocenters. The molecule has 1 saturated heterocycles. The first-order valence-corrected chi connectivity index (χ1v) is 5.70. The summed E-state index contributed by atoms with van der Waals surface area (Å²) in [5.74, 6) is -0.581. The summed E-state index contributed by atoms with van der Waals surface area (Å²) < 4.78 is 0. The minimum atomic E-state index is -0.323. The van der Waals surface area contributed by atoms with Crippen LogP contribution in [-0.4, -0.2) is 37.9 Å². The first kappa shape index (κ1) is 13.4. The highest BCUT2D eigenvalue weighted by Gasteiger charge is 2.20. The van der Waals surface area contributed by atoms with E-state index >= 15 is 0 Å². The highest BCUT2D eigenvalue weighted by atomic mass is 16.2. The normalized spacial score (nSPS) is 19.2. The fraction of sp³-hybridized carbons (Fsp3) is 0.700. The molecule has 4 N–H and O–H groups in total. The van der Waals surface area contributed by atoms with Crippen LogP contribution in [0, 0.1) is 5.92 Å². The number of hydrogen-bond acceptors (Lipinski definition) is 4. The molecular weight excluding hydrogens is 224 g/mol. The van der Waals surface area contributed by atoms with Gasteiger partial charge in [-0.15, -0.1) is 0 Å². The summed E-state index contributed by atoms with van der Waals surface area (Å²) in [6.07, 6.45) is 2.47. The maximum atomic E-state index is 11.6. The van der Waals surface area contributed by atoms with Crippen LogP contribution < -0.4 is 21.5 Å². The number of carbonyl (C=O) groups excluding carboxylic acids is 3. The zero-order valence-corrected chi connectivity index (χ0v) is 9.62. The van der Waals surface area contributed by atoms with Crippen molar-refractivity contribution in [2.24, 2.45) is 5.92 Å². The van der Waals surface area contributed by atoms with Crippen molar-refractivity contribution in [3.63, 3.8) is 0 Å². The van der Waals surface area contributed by atoms with E-state index in [-0.39, 0.29) is 30.7 Å². The third-order valence-corrected chi connectivity index (χ3v) is 2.57. The van der Waals surface area contributed by atoms with Crippen LogP contribution in [0.3, 0.4) is 0 Å². The number of carbonyl (C=O) groups is 3. The van der Waals surface area contributed by atoms with Gasteiger partial charge in [-0.25, -0.2) is 0 Å². The third kappa shape index (κ3) is 5.30. The lowest BCUT2D eigenvalue weighted by Crippen LogP contribution is -2.48. The number of piperidine rings is 1. The molecule has 0 radical (unpaired) electrons. The molecule has 0 saturated carbocycles. The van der Waals surface area contributed by atoms with Gasteiger partial charge in [-0.1, -0.05) is 0 Å². The lowest BCUT2D eigenvalue weighted by atomic mass is 9.99. The molecule has 1 aliphatic heterocycles. The summed E-state index contributed by atoms with van der Waals surface area (Å²) in [4.78, 5) is 32.7. The standard InChI is InChI=1S/C10H18N4O3/c15-7-12-5-3-9(16)13-14-10(17)8-2-1-4-11-6-8/h7-8,11H,1-6H2,(H,12,15)(H,13,16)(H,14,17). The predicted octanol–water partition coefficient (Wildman–Crippen LogP) is -1.73. The molecule has 1 rings (SSSR count). The minimum absolute atomic E-state index is 0.0860. The van der Waals surface area contributed by atoms with E-state index in [4.69, 9.17) is 0 Å². The van der Waals surface area contributed by atoms with Crippen molar-refractivity contribution in [1.29, 1.82) is 0 Å². The van der Waals surface area contributed by atoms with Gasteiger partial charge < -0.3 is 10.6 Å². The minimum Gasteiger partial charge on any atom is -0.358 e. The molecule has 7 nitrogen and oxygen atoms in total. The van der Waals surface area contributed by atoms with Gasteiger partial charge >= 0.3 is 0 Å². The predicted molar refractivity (Wildman–Crippen MR) is 60.6 cm³/mol. The van der Waals surface area contributed by atoms with Crippen molar-refractivity contribution >= 4 is 18.2 Å². The third-order valence-electron chi connectivity index (χ3n) is 2.57. The molecule has 7 heteroatoms. The second-order valence-corrected chi connectivity index (χ2v) is 3.90. The maximum Gasteiger partial charge on any atom is 0.242 e. The van der Waals surface area contributed by atoms with E-state index in [1.807, 2.05) is 0 Å². The zero-order chi connectivity index (χ0) is 12.5. The Bertz CT molecular complexity index is 277. The Morgan fingerprint density at radius 1 is 1.35 bits per heavy atom. The van der Waals surface area contributed by atoms with Gasteiger partial charge in [-0.3, -0.25) is 25.2 Å². The van der Waals surface area contributed by atoms with Gasteiger partial charge in [0.15, 0.2) is 0 Å². The molecule has 0 aromatic rings. The maximum absolute atomic E-state index is 11.6. The second kappa shape index (κ2) is 7.61. The molecule has 0 aliphatic carbocycles. The van der Waals surface area contributed by atoms with Crippen LogP contribution in [0.15, 0.2) is 0 Å². The average Bonchev–Trinajstić information content (AvgIpc) is 2.37. The van der Waals surface area contributed by atoms with Gasteiger partial charge in [0.2, 0.25) is 18.2 Å². The molecule has 1 aliphatic rings. The SMILES string of the molecule is O=CNCCC(=O)NNC(=O)C1CCCNC1. The molecule has 17 heavy (non-hydrogen) atoms. The van der Waals surface area contributed by atoms with E-state index in [0.29, 0.717) is 13.0 Å². The topological polar surface area (TPSA) is 99.3 Å². The summed E-state index contributed by atoms with van der Waals surface area (Å²) in [6.45, 7) is 1.85. The summed E-state index contributed by atoms with van der Waals surface area (Å²) >= 11 is 0. The highest BCUT2D eigenvalue weighted by molar-refractivity contribution is 5.83. The van der Waals surface area contributed by atoms with Gasteiger partial charge in [-0.2, -0.15) is 0 Å². The van der Waals surface area contributed by atoms with Crippen LogP contribution in [0.5, 0.6) is 0 Å². The van der Waals surface area contributed by atoms with Crippen LogP contribution in [-0.2, 0) is 14.4 Å². The lowest BCUT2D eigenvalue weighted by Gasteiger charge is -2.21. The van der Waals surface area contributed by atoms with Crippen molar-refractivity contribution in [2.75, 3.05) is 19.6 Å². The summed E-state index contributed by atoms with van der Waals surface area (Å²) in [5.41, 5.74) is 4.70. The Labute approximate surface area is 99.7 Å². The number of amides is 3. The van der Waals surface area contributed by atoms with Gasteiger partial charge in [0.05, 0.1) is 5.92 Å². The van der Waals surface area contributed by atoms with Gasteiger partial charge in [0.25, 0.3) is 0 Å². The first-order chi connectivity index (χ1) is 8.24. The van der Waals surface area contributed by atoms with Crippen molar-refractivity contribution in [3.8, 4) is 0 Å². The monoisotopic (exact) mass is 242 g/mol. The molecular formula is C10H18N4O3. The van der Waals surface area contributed by atoms with E-state index in [0.717, 1.165) is 19.4 Å². The van der Waals surface area contributed by atoms with E-state index in [2.05, 4.69) is 21.5 Å². The fourth-order valence-electron chi connectivity index (χ4n) is 1.62. The van der Waals surface area contributed by atoms with Crippen molar-refractivity contribution in [1.82, 2.24) is 21.5 Å².